The Bertz CT molecular complexity index is 1220. The molecule has 19 nitrogen and oxygen atoms in total. The summed E-state index contributed by atoms with van der Waals surface area (Å²) in [5.41, 5.74) is -2.29. The summed E-state index contributed by atoms with van der Waals surface area (Å²) in [7, 11) is 0. The van der Waals surface area contributed by atoms with Gasteiger partial charge in [-0.25, -0.2) is 0 Å². The van der Waals surface area contributed by atoms with Crippen molar-refractivity contribution in [3.63, 3.8) is 0 Å². The van der Waals surface area contributed by atoms with Gasteiger partial charge in [-0.1, -0.05) is 39.8 Å². The molecule has 0 saturated carbocycles. The van der Waals surface area contributed by atoms with E-state index in [9.17, 15) is 28.8 Å². The standard InChI is InChI=1S/C39H64N6O13/c1-7-32(46)40-13-19-52-25-38(26-53-20-14-41-33(47)8-2,27-54-21-15-42-34(48)9-3)28-57-31-39(58-24-18-45-37(51)12-6,29-55-22-16-43-35(49)10-4)30-56-23-17-44-36(50)11-5/h7-10,12H,1-4,6,11,13-31H2,5H3,(H,40,46)(H,41,47)(H,42,48)(H,43,49)(H,44,50)(H,45,51). The fraction of sp³-hybridized carbons (Fsp3) is 0.590. The summed E-state index contributed by atoms with van der Waals surface area (Å²) >= 11 is 0. The van der Waals surface area contributed by atoms with Crippen molar-refractivity contribution in [3.05, 3.63) is 63.3 Å². The Hall–Kier alpha value is -4.76. The number of hydrogen-bond donors (Lipinski definition) is 6. The molecule has 6 N–H and O–H groups in total. The Morgan fingerprint density at radius 2 is 0.690 bits per heavy atom. The molecule has 0 saturated heterocycles. The van der Waals surface area contributed by atoms with Crippen molar-refractivity contribution in [1.29, 1.82) is 0 Å². The molecule has 0 aliphatic carbocycles. The fourth-order valence-electron chi connectivity index (χ4n) is 4.51. The molecule has 0 spiro atoms. The second-order valence-electron chi connectivity index (χ2n) is 12.5. The van der Waals surface area contributed by atoms with E-state index in [4.69, 9.17) is 33.2 Å². The van der Waals surface area contributed by atoms with Gasteiger partial charge in [0.2, 0.25) is 35.4 Å². The molecule has 19 heteroatoms. The number of nitrogens with one attached hydrogen (secondary N) is 6. The molecule has 6 amide bonds. The van der Waals surface area contributed by atoms with Crippen LogP contribution in [0.25, 0.3) is 0 Å². The Kier molecular flexibility index (Phi) is 31.5. The van der Waals surface area contributed by atoms with Crippen LogP contribution in [-0.2, 0) is 61.9 Å². The number of carbonyl (C=O) groups is 6. The molecule has 0 fully saturated rings. The van der Waals surface area contributed by atoms with Crippen LogP contribution in [0.15, 0.2) is 63.3 Å². The van der Waals surface area contributed by atoms with Crippen LogP contribution in [0.1, 0.15) is 13.3 Å². The molecule has 0 heterocycles. The van der Waals surface area contributed by atoms with Crippen LogP contribution >= 0.6 is 0 Å². The molecule has 0 aromatic heterocycles. The van der Waals surface area contributed by atoms with Gasteiger partial charge < -0.3 is 65.1 Å². The molecule has 1 atom stereocenters. The normalized spacial score (nSPS) is 11.9. The number of carbonyl (C=O) groups excluding carboxylic acids is 6. The minimum atomic E-state index is -1.29. The van der Waals surface area contributed by atoms with Gasteiger partial charge in [0.25, 0.3) is 0 Å². The van der Waals surface area contributed by atoms with E-state index in [2.05, 4.69) is 64.8 Å². The highest BCUT2D eigenvalue weighted by Crippen LogP contribution is 2.23. The van der Waals surface area contributed by atoms with Crippen LogP contribution < -0.4 is 31.9 Å². The number of amides is 6. The maximum atomic E-state index is 11.8. The zero-order valence-corrected chi connectivity index (χ0v) is 33.9. The SMILES string of the molecule is C=CC(=O)NCCOCC(COCCNC(=O)C=C)(COCCNC(=O)C=C)COCC(COCCNC(=O)C=C)(COCCNC(=O)CC)OCCNC(=O)C=C. The van der Waals surface area contributed by atoms with Crippen LogP contribution in [0.2, 0.25) is 0 Å². The molecule has 0 radical (unpaired) electrons. The zero-order valence-electron chi connectivity index (χ0n) is 33.9. The molecule has 0 aliphatic rings. The van der Waals surface area contributed by atoms with Gasteiger partial charge >= 0.3 is 0 Å². The molecular weight excluding hydrogens is 760 g/mol. The first-order valence-corrected chi connectivity index (χ1v) is 18.8. The third-order valence-electron chi connectivity index (χ3n) is 7.54. The summed E-state index contributed by atoms with van der Waals surface area (Å²) in [5.74, 6) is -2.02. The van der Waals surface area contributed by atoms with Crippen molar-refractivity contribution in [3.8, 4) is 0 Å². The van der Waals surface area contributed by atoms with Crippen LogP contribution in [-0.4, -0.2) is 166 Å². The van der Waals surface area contributed by atoms with E-state index in [1.54, 1.807) is 6.92 Å². The lowest BCUT2D eigenvalue weighted by Crippen LogP contribution is -2.51. The Labute approximate surface area is 341 Å². The molecule has 0 aliphatic heterocycles. The average Bonchev–Trinajstić information content (AvgIpc) is 3.23. The maximum absolute atomic E-state index is 11.8. The number of hydrogen-bond acceptors (Lipinski definition) is 13. The molecule has 58 heavy (non-hydrogen) atoms. The zero-order chi connectivity index (χ0) is 43.3. The summed E-state index contributed by atoms with van der Waals surface area (Å²) < 4.78 is 42.6. The maximum Gasteiger partial charge on any atom is 0.243 e. The van der Waals surface area contributed by atoms with Crippen molar-refractivity contribution in [2.45, 2.75) is 18.9 Å². The van der Waals surface area contributed by atoms with Gasteiger partial charge in [0.05, 0.1) is 91.3 Å². The first kappa shape index (κ1) is 53.2. The van der Waals surface area contributed by atoms with Gasteiger partial charge in [0.1, 0.15) is 5.60 Å². The number of rotatable bonds is 39. The van der Waals surface area contributed by atoms with Crippen molar-refractivity contribution in [2.24, 2.45) is 5.41 Å². The average molecular weight is 825 g/mol. The monoisotopic (exact) mass is 824 g/mol. The second kappa shape index (κ2) is 34.3. The third-order valence-corrected chi connectivity index (χ3v) is 7.54. The highest BCUT2D eigenvalue weighted by Gasteiger charge is 2.37. The van der Waals surface area contributed by atoms with Crippen LogP contribution in [0.4, 0.5) is 0 Å². The minimum Gasteiger partial charge on any atom is -0.379 e. The summed E-state index contributed by atoms with van der Waals surface area (Å²) in [6, 6.07) is 0. The molecule has 0 rings (SSSR count). The summed E-state index contributed by atoms with van der Waals surface area (Å²) in [5, 5.41) is 16.0. The van der Waals surface area contributed by atoms with Gasteiger partial charge in [0, 0.05) is 45.7 Å². The van der Waals surface area contributed by atoms with Gasteiger partial charge in [-0.15, -0.1) is 0 Å². The summed E-state index contributed by atoms with van der Waals surface area (Å²) in [6.07, 6.45) is 6.00. The molecule has 0 bridgehead atoms. The van der Waals surface area contributed by atoms with Crippen LogP contribution in [0.3, 0.4) is 0 Å². The summed E-state index contributed by atoms with van der Waals surface area (Å²) in [6.45, 7) is 20.3. The highest BCUT2D eigenvalue weighted by atomic mass is 16.6. The van der Waals surface area contributed by atoms with Gasteiger partial charge in [-0.05, 0) is 30.4 Å². The molecular formula is C39H64N6O13. The van der Waals surface area contributed by atoms with E-state index in [0.717, 1.165) is 30.4 Å². The fourth-order valence-corrected chi connectivity index (χ4v) is 4.51. The second-order valence-corrected chi connectivity index (χ2v) is 12.5. The topological polar surface area (TPSA) is 239 Å². The van der Waals surface area contributed by atoms with E-state index in [-0.39, 0.29) is 155 Å². The smallest absolute Gasteiger partial charge is 0.243 e. The Morgan fingerprint density at radius 1 is 0.414 bits per heavy atom. The Morgan fingerprint density at radius 3 is 1.02 bits per heavy atom. The molecule has 0 aromatic rings. The van der Waals surface area contributed by atoms with E-state index in [1.165, 1.54) is 0 Å². The first-order chi connectivity index (χ1) is 27.9. The lowest BCUT2D eigenvalue weighted by Gasteiger charge is -2.37. The molecule has 0 aromatic carbocycles. The quantitative estimate of drug-likeness (QED) is 0.0318. The van der Waals surface area contributed by atoms with Crippen molar-refractivity contribution >= 4 is 35.4 Å². The van der Waals surface area contributed by atoms with Gasteiger partial charge in [0.15, 0.2) is 0 Å². The van der Waals surface area contributed by atoms with Crippen molar-refractivity contribution in [2.75, 3.05) is 125 Å². The minimum absolute atomic E-state index is 0.0131. The largest absolute Gasteiger partial charge is 0.379 e. The highest BCUT2D eigenvalue weighted by molar-refractivity contribution is 5.88. The molecule has 1 unspecified atom stereocenters. The van der Waals surface area contributed by atoms with Crippen LogP contribution in [0, 0.1) is 5.41 Å². The van der Waals surface area contributed by atoms with Crippen LogP contribution in [0.5, 0.6) is 0 Å². The number of ether oxygens (including phenoxy) is 7. The van der Waals surface area contributed by atoms with E-state index in [0.29, 0.717) is 6.42 Å². The van der Waals surface area contributed by atoms with E-state index < -0.39 is 16.9 Å². The molecule has 328 valence electrons. The van der Waals surface area contributed by atoms with Crippen molar-refractivity contribution < 1.29 is 61.9 Å². The third kappa shape index (κ3) is 27.8. The van der Waals surface area contributed by atoms with E-state index >= 15 is 0 Å². The first-order valence-electron chi connectivity index (χ1n) is 18.8. The van der Waals surface area contributed by atoms with Gasteiger partial charge in [-0.3, -0.25) is 28.8 Å². The predicted molar refractivity (Wildman–Crippen MR) is 215 cm³/mol. The van der Waals surface area contributed by atoms with Crippen molar-refractivity contribution in [1.82, 2.24) is 31.9 Å². The van der Waals surface area contributed by atoms with Gasteiger partial charge in [-0.2, -0.15) is 0 Å². The van der Waals surface area contributed by atoms with E-state index in [1.807, 2.05) is 0 Å². The predicted octanol–water partition coefficient (Wildman–Crippen LogP) is -1.13. The summed E-state index contributed by atoms with van der Waals surface area (Å²) in [4.78, 5) is 70.4. The lowest BCUT2D eigenvalue weighted by atomic mass is 9.92. The lowest BCUT2D eigenvalue weighted by molar-refractivity contribution is -0.180. The Balaban J connectivity index is 6.41.